The summed E-state index contributed by atoms with van der Waals surface area (Å²) in [4.78, 5) is 39.4. The van der Waals surface area contributed by atoms with Gasteiger partial charge in [-0.25, -0.2) is 19.3 Å². The second kappa shape index (κ2) is 8.75. The van der Waals surface area contributed by atoms with Gasteiger partial charge in [0.05, 0.1) is 5.56 Å². The fourth-order valence-corrected chi connectivity index (χ4v) is 3.16. The van der Waals surface area contributed by atoms with Crippen LogP contribution in [0.15, 0.2) is 47.5 Å². The quantitative estimate of drug-likeness (QED) is 0.459. The Morgan fingerprint density at radius 2 is 1.81 bits per heavy atom. The fraction of sp³-hybridized carbons (Fsp3) is 0.286. The summed E-state index contributed by atoms with van der Waals surface area (Å²) in [5.41, 5.74) is -1.83. The summed E-state index contributed by atoms with van der Waals surface area (Å²) in [6.45, 7) is 3.53. The molecule has 0 aliphatic rings. The minimum atomic E-state index is -4.81. The maximum Gasteiger partial charge on any atom is 0.419 e. The monoisotopic (exact) mass is 434 g/mol. The van der Waals surface area contributed by atoms with Gasteiger partial charge in [0, 0.05) is 24.9 Å². The molecule has 6 nitrogen and oxygen atoms in total. The summed E-state index contributed by atoms with van der Waals surface area (Å²) in [5.74, 6) is -2.55. The van der Waals surface area contributed by atoms with Gasteiger partial charge in [0.2, 0.25) is 0 Å². The molecule has 0 fully saturated rings. The van der Waals surface area contributed by atoms with Crippen molar-refractivity contribution in [2.75, 3.05) is 0 Å². The van der Waals surface area contributed by atoms with Gasteiger partial charge in [-0.05, 0) is 35.6 Å². The predicted molar refractivity (Wildman–Crippen MR) is 104 cm³/mol. The van der Waals surface area contributed by atoms with Gasteiger partial charge in [-0.1, -0.05) is 19.9 Å². The van der Waals surface area contributed by atoms with Gasteiger partial charge in [-0.2, -0.15) is 13.2 Å². The molecule has 0 amide bonds. The molecule has 2 heterocycles. The highest BCUT2D eigenvalue weighted by Crippen LogP contribution is 2.35. The topological polar surface area (TPSA) is 88.6 Å². The zero-order valence-electron chi connectivity index (χ0n) is 16.6. The van der Waals surface area contributed by atoms with Crippen LogP contribution < -0.4 is 5.56 Å². The predicted octanol–water partition coefficient (Wildman–Crippen LogP) is 4.40. The number of hydrogen-bond acceptors (Lipinski definition) is 5. The molecule has 1 N–H and O–H groups in total. The second-order valence-electron chi connectivity index (χ2n) is 7.27. The third-order valence-corrected chi connectivity index (χ3v) is 4.74. The largest absolute Gasteiger partial charge is 0.419 e. The van der Waals surface area contributed by atoms with Crippen LogP contribution in [-0.2, 0) is 6.18 Å². The highest BCUT2D eigenvalue weighted by Gasteiger charge is 2.34. The average molecular weight is 434 g/mol. The average Bonchev–Trinajstić information content (AvgIpc) is 2.70. The number of benzene rings is 1. The first-order valence-corrected chi connectivity index (χ1v) is 9.35. The van der Waals surface area contributed by atoms with E-state index in [9.17, 15) is 27.2 Å². The Labute approximate surface area is 174 Å². The molecule has 31 heavy (non-hydrogen) atoms. The Bertz CT molecular complexity index is 1140. The van der Waals surface area contributed by atoms with Gasteiger partial charge in [-0.3, -0.25) is 9.59 Å². The van der Waals surface area contributed by atoms with Crippen LogP contribution in [0, 0.1) is 11.7 Å². The minimum Gasteiger partial charge on any atom is -0.304 e. The van der Waals surface area contributed by atoms with E-state index < -0.39 is 34.8 Å². The highest BCUT2D eigenvalue weighted by atomic mass is 19.4. The molecular weight excluding hydrogens is 416 g/mol. The first-order valence-electron chi connectivity index (χ1n) is 9.35. The van der Waals surface area contributed by atoms with Gasteiger partial charge >= 0.3 is 6.18 Å². The van der Waals surface area contributed by atoms with E-state index in [1.807, 2.05) is 0 Å². The maximum absolute atomic E-state index is 14.0. The van der Waals surface area contributed by atoms with E-state index in [0.29, 0.717) is 6.07 Å². The van der Waals surface area contributed by atoms with Crippen LogP contribution >= 0.6 is 0 Å². The molecule has 1 aromatic carbocycles. The van der Waals surface area contributed by atoms with Crippen LogP contribution in [0.1, 0.15) is 47.8 Å². The van der Waals surface area contributed by atoms with Crippen molar-refractivity contribution in [3.63, 3.8) is 0 Å². The molecular formula is C21H18F4N4O2. The third kappa shape index (κ3) is 5.19. The van der Waals surface area contributed by atoms with Crippen molar-refractivity contribution in [1.82, 2.24) is 19.9 Å². The maximum atomic E-state index is 14.0. The van der Waals surface area contributed by atoms with Crippen molar-refractivity contribution in [1.29, 1.82) is 0 Å². The molecule has 0 spiro atoms. The molecule has 0 saturated heterocycles. The van der Waals surface area contributed by atoms with Crippen molar-refractivity contribution in [3.8, 4) is 11.6 Å². The lowest BCUT2D eigenvalue weighted by atomic mass is 9.83. The SMILES string of the molecule is CC(C)[C@@H](CC(=O)c1cc(=O)[nH]c(-c2ncccn2)n1)c1ccc(C(F)(F)F)c(F)c1. The molecule has 0 saturated carbocycles. The van der Waals surface area contributed by atoms with Gasteiger partial charge < -0.3 is 4.98 Å². The Morgan fingerprint density at radius 3 is 2.39 bits per heavy atom. The van der Waals surface area contributed by atoms with Crippen molar-refractivity contribution < 1.29 is 22.4 Å². The van der Waals surface area contributed by atoms with E-state index in [1.165, 1.54) is 12.4 Å². The molecule has 3 aromatic rings. The standard InChI is InChI=1S/C21H18F4N4O2/c1-11(2)13(12-4-5-14(15(22)8-12)21(23,24)25)9-17(30)16-10-18(31)29-20(28-16)19-26-6-3-7-27-19/h3-8,10-11,13H,9H2,1-2H3,(H,28,29,31)/t13-/m1/s1. The Hall–Kier alpha value is -3.43. The lowest BCUT2D eigenvalue weighted by Crippen LogP contribution is -2.18. The van der Waals surface area contributed by atoms with E-state index in [4.69, 9.17) is 0 Å². The van der Waals surface area contributed by atoms with Crippen LogP contribution in [0.25, 0.3) is 11.6 Å². The Morgan fingerprint density at radius 1 is 1.13 bits per heavy atom. The van der Waals surface area contributed by atoms with Crippen molar-refractivity contribution >= 4 is 5.78 Å². The van der Waals surface area contributed by atoms with Crippen molar-refractivity contribution in [2.45, 2.75) is 32.4 Å². The number of Topliss-reactive ketones (excluding diaryl/α,β-unsaturated/α-hetero) is 1. The molecule has 0 aliphatic heterocycles. The van der Waals surface area contributed by atoms with Gasteiger partial charge in [-0.15, -0.1) is 0 Å². The summed E-state index contributed by atoms with van der Waals surface area (Å²) < 4.78 is 52.6. The summed E-state index contributed by atoms with van der Waals surface area (Å²) >= 11 is 0. The normalized spacial score (nSPS) is 12.7. The number of nitrogens with one attached hydrogen (secondary N) is 1. The number of aromatic amines is 1. The van der Waals surface area contributed by atoms with Gasteiger partial charge in [0.1, 0.15) is 11.5 Å². The number of halogens is 4. The molecule has 1 atom stereocenters. The molecule has 3 rings (SSSR count). The summed E-state index contributed by atoms with van der Waals surface area (Å²) in [7, 11) is 0. The van der Waals surface area contributed by atoms with E-state index in [2.05, 4.69) is 19.9 Å². The second-order valence-corrected chi connectivity index (χ2v) is 7.27. The highest BCUT2D eigenvalue weighted by molar-refractivity contribution is 5.95. The van der Waals surface area contributed by atoms with Crippen LogP contribution in [-0.4, -0.2) is 25.7 Å². The zero-order chi connectivity index (χ0) is 22.8. The minimum absolute atomic E-state index is 0.0121. The molecule has 0 bridgehead atoms. The van der Waals surface area contributed by atoms with E-state index in [0.717, 1.165) is 18.2 Å². The molecule has 0 radical (unpaired) electrons. The summed E-state index contributed by atoms with van der Waals surface area (Å²) in [6, 6.07) is 5.24. The van der Waals surface area contributed by atoms with Crippen LogP contribution in [0.4, 0.5) is 17.6 Å². The first-order chi connectivity index (χ1) is 14.6. The molecule has 162 valence electrons. The molecule has 10 heteroatoms. The fourth-order valence-electron chi connectivity index (χ4n) is 3.16. The lowest BCUT2D eigenvalue weighted by Gasteiger charge is -2.21. The number of H-pyrrole nitrogens is 1. The number of nitrogens with zero attached hydrogens (tertiary/aromatic N) is 3. The third-order valence-electron chi connectivity index (χ3n) is 4.74. The van der Waals surface area contributed by atoms with Crippen LogP contribution in [0.5, 0.6) is 0 Å². The number of aromatic nitrogens is 4. The first kappa shape index (κ1) is 22.3. The van der Waals surface area contributed by atoms with Crippen LogP contribution in [0.3, 0.4) is 0 Å². The van der Waals surface area contributed by atoms with E-state index >= 15 is 0 Å². The lowest BCUT2D eigenvalue weighted by molar-refractivity contribution is -0.140. The Balaban J connectivity index is 1.91. The molecule has 2 aromatic heterocycles. The van der Waals surface area contributed by atoms with Crippen molar-refractivity contribution in [3.05, 3.63) is 75.7 Å². The summed E-state index contributed by atoms with van der Waals surface area (Å²) in [5, 5.41) is 0. The number of carbonyl (C=O) groups is 1. The van der Waals surface area contributed by atoms with Crippen LogP contribution in [0.2, 0.25) is 0 Å². The van der Waals surface area contributed by atoms with E-state index in [1.54, 1.807) is 19.9 Å². The number of hydrogen-bond donors (Lipinski definition) is 1. The molecule has 0 aliphatic carbocycles. The number of alkyl halides is 3. The van der Waals surface area contributed by atoms with Crippen molar-refractivity contribution in [2.24, 2.45) is 5.92 Å². The van der Waals surface area contributed by atoms with Gasteiger partial charge in [0.25, 0.3) is 5.56 Å². The number of rotatable bonds is 6. The zero-order valence-corrected chi connectivity index (χ0v) is 16.6. The summed E-state index contributed by atoms with van der Waals surface area (Å²) in [6.07, 6.45) is -2.08. The Kier molecular flexibility index (Phi) is 6.28. The number of carbonyl (C=O) groups excluding carboxylic acids is 1. The smallest absolute Gasteiger partial charge is 0.304 e. The van der Waals surface area contributed by atoms with Gasteiger partial charge in [0.15, 0.2) is 17.4 Å². The number of ketones is 1. The molecule has 0 unspecified atom stereocenters. The van der Waals surface area contributed by atoms with E-state index in [-0.39, 0.29) is 35.2 Å².